The van der Waals surface area contributed by atoms with E-state index in [0.29, 0.717) is 5.92 Å². The third-order valence-electron chi connectivity index (χ3n) is 4.68. The smallest absolute Gasteiger partial charge is 0.0376 e. The number of benzene rings is 2. The predicted octanol–water partition coefficient (Wildman–Crippen LogP) is 3.33. The average molecular weight is 264 g/mol. The van der Waals surface area contributed by atoms with Crippen LogP contribution in [0, 0.1) is 5.92 Å². The van der Waals surface area contributed by atoms with Crippen LogP contribution >= 0.6 is 0 Å². The molecular weight excluding hydrogens is 244 g/mol. The van der Waals surface area contributed by atoms with Crippen molar-refractivity contribution in [2.24, 2.45) is 5.92 Å². The first-order valence-electron chi connectivity index (χ1n) is 7.49. The monoisotopic (exact) mass is 264 g/mol. The Morgan fingerprint density at radius 3 is 2.65 bits per heavy atom. The summed E-state index contributed by atoms with van der Waals surface area (Å²) in [5.74, 6) is 1.46. The van der Waals surface area contributed by atoms with Crippen molar-refractivity contribution in [3.8, 4) is 0 Å². The molecule has 2 heteroatoms. The van der Waals surface area contributed by atoms with Crippen molar-refractivity contribution < 1.29 is 0 Å². The van der Waals surface area contributed by atoms with Gasteiger partial charge in [-0.25, -0.2) is 0 Å². The van der Waals surface area contributed by atoms with Gasteiger partial charge in [-0.15, -0.1) is 0 Å². The Morgan fingerprint density at radius 2 is 1.75 bits per heavy atom. The third-order valence-corrected chi connectivity index (χ3v) is 4.68. The van der Waals surface area contributed by atoms with Crippen LogP contribution in [-0.4, -0.2) is 24.5 Å². The molecule has 102 valence electrons. The number of hydrogen-bond acceptors (Lipinski definition) is 2. The topological polar surface area (TPSA) is 15.3 Å². The van der Waals surface area contributed by atoms with Crippen molar-refractivity contribution in [2.75, 3.05) is 25.0 Å². The first kappa shape index (κ1) is 12.0. The highest BCUT2D eigenvalue weighted by molar-refractivity contribution is 5.55. The van der Waals surface area contributed by atoms with Crippen molar-refractivity contribution >= 4 is 5.69 Å². The minimum atomic E-state index is 0.705. The Morgan fingerprint density at radius 1 is 0.950 bits per heavy atom. The molecule has 2 aliphatic rings. The summed E-state index contributed by atoms with van der Waals surface area (Å²) >= 11 is 0. The van der Waals surface area contributed by atoms with Crippen LogP contribution in [0.2, 0.25) is 0 Å². The summed E-state index contributed by atoms with van der Waals surface area (Å²) in [5, 5.41) is 3.59. The molecule has 2 nitrogen and oxygen atoms in total. The lowest BCUT2D eigenvalue weighted by atomic mass is 9.85. The highest BCUT2D eigenvalue weighted by Gasteiger charge is 2.37. The van der Waals surface area contributed by atoms with Crippen LogP contribution in [0.15, 0.2) is 54.6 Å². The summed E-state index contributed by atoms with van der Waals surface area (Å²) < 4.78 is 0. The maximum absolute atomic E-state index is 3.59. The van der Waals surface area contributed by atoms with E-state index in [1.807, 2.05) is 0 Å². The molecule has 0 bridgehead atoms. The second-order valence-electron chi connectivity index (χ2n) is 6.01. The van der Waals surface area contributed by atoms with Gasteiger partial charge in [0, 0.05) is 37.8 Å². The van der Waals surface area contributed by atoms with Crippen LogP contribution in [0.4, 0.5) is 5.69 Å². The number of nitrogens with zero attached hydrogens (tertiary/aromatic N) is 1. The van der Waals surface area contributed by atoms with Gasteiger partial charge in [-0.2, -0.15) is 0 Å². The lowest BCUT2D eigenvalue weighted by Crippen LogP contribution is -2.26. The van der Waals surface area contributed by atoms with Crippen molar-refractivity contribution in [3.63, 3.8) is 0 Å². The first-order valence-corrected chi connectivity index (χ1v) is 7.49. The van der Waals surface area contributed by atoms with E-state index in [4.69, 9.17) is 0 Å². The standard InChI is InChI=1S/C18H20N2/c1-2-6-14(7-3-1)11-20-12-15-10-19-18-9-5-4-8-16(18)17(15)13-20/h1-9,15,17,19H,10-13H2/t15-,17+/m0/s1. The fourth-order valence-electron chi connectivity index (χ4n) is 3.71. The number of hydrogen-bond donors (Lipinski definition) is 1. The molecule has 0 radical (unpaired) electrons. The third kappa shape index (κ3) is 2.10. The largest absolute Gasteiger partial charge is 0.384 e. The van der Waals surface area contributed by atoms with E-state index in [2.05, 4.69) is 64.8 Å². The van der Waals surface area contributed by atoms with Crippen molar-refractivity contribution in [1.29, 1.82) is 0 Å². The SMILES string of the molecule is c1ccc(CN2C[C@@H]3CNc4ccccc4[C@@H]3C2)cc1. The number of likely N-dealkylation sites (tertiary alicyclic amines) is 1. The van der Waals surface area contributed by atoms with Crippen molar-refractivity contribution in [2.45, 2.75) is 12.5 Å². The minimum Gasteiger partial charge on any atom is -0.384 e. The van der Waals surface area contributed by atoms with Crippen LogP contribution in [0.5, 0.6) is 0 Å². The van der Waals surface area contributed by atoms with Crippen molar-refractivity contribution in [1.82, 2.24) is 4.90 Å². The molecule has 0 amide bonds. The van der Waals surface area contributed by atoms with E-state index in [-0.39, 0.29) is 0 Å². The second kappa shape index (κ2) is 4.95. The van der Waals surface area contributed by atoms with Crippen LogP contribution in [-0.2, 0) is 6.54 Å². The van der Waals surface area contributed by atoms with E-state index in [0.717, 1.165) is 19.0 Å². The quantitative estimate of drug-likeness (QED) is 0.895. The maximum Gasteiger partial charge on any atom is 0.0376 e. The van der Waals surface area contributed by atoms with E-state index in [9.17, 15) is 0 Å². The summed E-state index contributed by atoms with van der Waals surface area (Å²) in [4.78, 5) is 2.61. The van der Waals surface area contributed by atoms with Gasteiger partial charge in [-0.3, -0.25) is 4.90 Å². The zero-order chi connectivity index (χ0) is 13.4. The Labute approximate surface area is 120 Å². The van der Waals surface area contributed by atoms with Gasteiger partial charge in [0.1, 0.15) is 0 Å². The number of anilines is 1. The molecule has 2 aliphatic heterocycles. The number of fused-ring (bicyclic) bond motifs is 3. The minimum absolute atomic E-state index is 0.705. The fourth-order valence-corrected chi connectivity index (χ4v) is 3.71. The lowest BCUT2D eigenvalue weighted by Gasteiger charge is -2.28. The van der Waals surface area contributed by atoms with Crippen molar-refractivity contribution in [3.05, 3.63) is 65.7 Å². The molecule has 2 heterocycles. The van der Waals surface area contributed by atoms with Crippen LogP contribution in [0.25, 0.3) is 0 Å². The summed E-state index contributed by atoms with van der Waals surface area (Å²) in [6, 6.07) is 19.6. The molecule has 0 spiro atoms. The molecular formula is C18H20N2. The number of para-hydroxylation sites is 1. The molecule has 0 saturated carbocycles. The maximum atomic E-state index is 3.59. The Balaban J connectivity index is 1.53. The molecule has 0 aliphatic carbocycles. The summed E-state index contributed by atoms with van der Waals surface area (Å²) in [5.41, 5.74) is 4.28. The summed E-state index contributed by atoms with van der Waals surface area (Å²) in [7, 11) is 0. The average Bonchev–Trinajstić information content (AvgIpc) is 2.91. The lowest BCUT2D eigenvalue weighted by molar-refractivity contribution is 0.318. The molecule has 2 atom stereocenters. The van der Waals surface area contributed by atoms with Gasteiger partial charge < -0.3 is 5.32 Å². The Bertz CT molecular complexity index is 593. The molecule has 2 aromatic carbocycles. The molecule has 1 N–H and O–H groups in total. The van der Waals surface area contributed by atoms with E-state index < -0.39 is 0 Å². The number of rotatable bonds is 2. The van der Waals surface area contributed by atoms with Gasteiger partial charge in [0.15, 0.2) is 0 Å². The Kier molecular flexibility index (Phi) is 2.96. The van der Waals surface area contributed by atoms with Gasteiger partial charge in [0.05, 0.1) is 0 Å². The van der Waals surface area contributed by atoms with Gasteiger partial charge in [-0.05, 0) is 23.1 Å². The molecule has 2 aromatic rings. The van der Waals surface area contributed by atoms with Crippen LogP contribution in [0.1, 0.15) is 17.0 Å². The van der Waals surface area contributed by atoms with E-state index in [1.54, 1.807) is 0 Å². The zero-order valence-corrected chi connectivity index (χ0v) is 11.6. The van der Waals surface area contributed by atoms with Gasteiger partial charge >= 0.3 is 0 Å². The zero-order valence-electron chi connectivity index (χ0n) is 11.6. The van der Waals surface area contributed by atoms with Gasteiger partial charge in [-0.1, -0.05) is 48.5 Å². The van der Waals surface area contributed by atoms with Gasteiger partial charge in [0.25, 0.3) is 0 Å². The molecule has 1 fully saturated rings. The molecule has 1 saturated heterocycles. The van der Waals surface area contributed by atoms with E-state index in [1.165, 1.54) is 29.9 Å². The van der Waals surface area contributed by atoms with E-state index >= 15 is 0 Å². The highest BCUT2D eigenvalue weighted by Crippen LogP contribution is 2.40. The fraction of sp³-hybridized carbons (Fsp3) is 0.333. The molecule has 0 unspecified atom stereocenters. The predicted molar refractivity (Wildman–Crippen MR) is 82.9 cm³/mol. The molecule has 20 heavy (non-hydrogen) atoms. The summed E-state index contributed by atoms with van der Waals surface area (Å²) in [6.45, 7) is 4.60. The van der Waals surface area contributed by atoms with Gasteiger partial charge in [0.2, 0.25) is 0 Å². The van der Waals surface area contributed by atoms with Crippen LogP contribution < -0.4 is 5.32 Å². The second-order valence-corrected chi connectivity index (χ2v) is 6.01. The highest BCUT2D eigenvalue weighted by atomic mass is 15.2. The summed E-state index contributed by atoms with van der Waals surface area (Å²) in [6.07, 6.45) is 0. The molecule has 4 rings (SSSR count). The Hall–Kier alpha value is -1.80. The molecule has 0 aromatic heterocycles. The number of nitrogens with one attached hydrogen (secondary N) is 1. The first-order chi connectivity index (χ1) is 9.90. The normalized spacial score (nSPS) is 24.8. The van der Waals surface area contributed by atoms with Crippen LogP contribution in [0.3, 0.4) is 0 Å².